The van der Waals surface area contributed by atoms with Crippen molar-refractivity contribution < 1.29 is 0 Å². The van der Waals surface area contributed by atoms with Crippen molar-refractivity contribution in [3.8, 4) is 0 Å². The van der Waals surface area contributed by atoms with E-state index >= 15 is 0 Å². The highest BCUT2D eigenvalue weighted by molar-refractivity contribution is 4.89. The fourth-order valence-electron chi connectivity index (χ4n) is 2.17. The summed E-state index contributed by atoms with van der Waals surface area (Å²) in [6.45, 7) is 5.18. The van der Waals surface area contributed by atoms with Crippen LogP contribution in [0.15, 0.2) is 6.33 Å². The van der Waals surface area contributed by atoms with Crippen LogP contribution in [0.25, 0.3) is 0 Å². The Morgan fingerprint density at radius 1 is 1.28 bits per heavy atom. The van der Waals surface area contributed by atoms with Crippen LogP contribution in [0.1, 0.15) is 58.2 Å². The van der Waals surface area contributed by atoms with Gasteiger partial charge in [0.05, 0.1) is 0 Å². The molecule has 0 saturated heterocycles. The molecule has 3 N–H and O–H groups in total. The number of aryl methyl sites for hydroxylation is 1. The van der Waals surface area contributed by atoms with Gasteiger partial charge in [0.2, 0.25) is 0 Å². The third-order valence-corrected chi connectivity index (χ3v) is 3.32. The number of nitrogens with zero attached hydrogens (tertiary/aromatic N) is 3. The van der Waals surface area contributed by atoms with Crippen LogP contribution < -0.4 is 11.3 Å². The third kappa shape index (κ3) is 5.14. The number of nitrogens with one attached hydrogen (secondary N) is 1. The molecule has 0 aliphatic heterocycles. The highest BCUT2D eigenvalue weighted by atomic mass is 15.3. The van der Waals surface area contributed by atoms with Crippen LogP contribution in [-0.4, -0.2) is 20.8 Å². The molecule has 1 unspecified atom stereocenters. The van der Waals surface area contributed by atoms with Crippen molar-refractivity contribution in [2.24, 2.45) is 5.84 Å². The molecule has 0 amide bonds. The summed E-state index contributed by atoms with van der Waals surface area (Å²) < 4.78 is 1.93. The molecule has 0 aliphatic carbocycles. The van der Waals surface area contributed by atoms with Gasteiger partial charge in [-0.1, -0.05) is 39.0 Å². The van der Waals surface area contributed by atoms with Crippen molar-refractivity contribution >= 4 is 0 Å². The summed E-state index contributed by atoms with van der Waals surface area (Å²) in [6, 6.07) is 0.307. The molecule has 1 atom stereocenters. The molecular weight excluding hydrogens is 226 g/mol. The first-order valence-electron chi connectivity index (χ1n) is 7.14. The molecule has 5 nitrogen and oxygen atoms in total. The van der Waals surface area contributed by atoms with Crippen LogP contribution in [0.2, 0.25) is 0 Å². The number of nitrogens with two attached hydrogens (primary N) is 1. The lowest BCUT2D eigenvalue weighted by Crippen LogP contribution is -2.37. The van der Waals surface area contributed by atoms with Crippen molar-refractivity contribution in [3.05, 3.63) is 12.2 Å². The molecule has 0 spiro atoms. The Labute approximate surface area is 110 Å². The van der Waals surface area contributed by atoms with E-state index in [1.54, 1.807) is 6.33 Å². The smallest absolute Gasteiger partial charge is 0.138 e. The van der Waals surface area contributed by atoms with E-state index in [2.05, 4.69) is 29.4 Å². The Hall–Kier alpha value is -0.940. The zero-order chi connectivity index (χ0) is 13.2. The lowest BCUT2D eigenvalue weighted by Gasteiger charge is -2.15. The lowest BCUT2D eigenvalue weighted by molar-refractivity contribution is 0.443. The second-order valence-corrected chi connectivity index (χ2v) is 4.76. The molecule has 0 saturated carbocycles. The van der Waals surface area contributed by atoms with E-state index in [4.69, 9.17) is 5.84 Å². The Morgan fingerprint density at radius 3 is 2.72 bits per heavy atom. The predicted octanol–water partition coefficient (Wildman–Crippen LogP) is 2.03. The summed E-state index contributed by atoms with van der Waals surface area (Å²) in [5.74, 6) is 6.64. The first kappa shape index (κ1) is 15.1. The van der Waals surface area contributed by atoms with Gasteiger partial charge in [0.25, 0.3) is 0 Å². The average Bonchev–Trinajstić information content (AvgIpc) is 2.84. The van der Waals surface area contributed by atoms with Crippen LogP contribution in [0.4, 0.5) is 0 Å². The van der Waals surface area contributed by atoms with E-state index in [1.807, 2.05) is 4.68 Å². The summed E-state index contributed by atoms with van der Waals surface area (Å²) >= 11 is 0. The van der Waals surface area contributed by atoms with E-state index in [1.165, 1.54) is 32.1 Å². The Bertz CT molecular complexity index is 310. The van der Waals surface area contributed by atoms with Crippen LogP contribution >= 0.6 is 0 Å². The molecule has 0 radical (unpaired) electrons. The standard InChI is InChI=1S/C13H27N5/c1-3-5-6-7-8-9-12(17-14)10-13-15-11-16-18(13)4-2/h11-12,17H,3-10,14H2,1-2H3. The minimum absolute atomic E-state index is 0.307. The van der Waals surface area contributed by atoms with Crippen LogP contribution in [0.3, 0.4) is 0 Å². The van der Waals surface area contributed by atoms with Gasteiger partial charge in [0.15, 0.2) is 0 Å². The second-order valence-electron chi connectivity index (χ2n) is 4.76. The van der Waals surface area contributed by atoms with Crippen molar-refractivity contribution in [2.45, 2.75) is 71.4 Å². The average molecular weight is 253 g/mol. The van der Waals surface area contributed by atoms with Gasteiger partial charge in [0.1, 0.15) is 12.2 Å². The summed E-state index contributed by atoms with van der Waals surface area (Å²) in [4.78, 5) is 4.29. The maximum absolute atomic E-state index is 5.61. The summed E-state index contributed by atoms with van der Waals surface area (Å²) in [5, 5.41) is 4.18. The van der Waals surface area contributed by atoms with E-state index < -0.39 is 0 Å². The summed E-state index contributed by atoms with van der Waals surface area (Å²) in [5.41, 5.74) is 2.90. The van der Waals surface area contributed by atoms with Crippen molar-refractivity contribution in [2.75, 3.05) is 0 Å². The van der Waals surface area contributed by atoms with E-state index in [-0.39, 0.29) is 0 Å². The predicted molar refractivity (Wildman–Crippen MR) is 73.9 cm³/mol. The molecule has 1 rings (SSSR count). The molecule has 0 bridgehead atoms. The molecule has 0 aromatic carbocycles. The van der Waals surface area contributed by atoms with Gasteiger partial charge in [-0.25, -0.2) is 4.98 Å². The van der Waals surface area contributed by atoms with Gasteiger partial charge in [-0.3, -0.25) is 16.0 Å². The molecular formula is C13H27N5. The van der Waals surface area contributed by atoms with Crippen LogP contribution in [0.5, 0.6) is 0 Å². The molecule has 1 aromatic rings. The molecule has 104 valence electrons. The quantitative estimate of drug-likeness (QED) is 0.380. The van der Waals surface area contributed by atoms with Crippen molar-refractivity contribution in [3.63, 3.8) is 0 Å². The maximum atomic E-state index is 5.61. The highest BCUT2D eigenvalue weighted by Crippen LogP contribution is 2.10. The topological polar surface area (TPSA) is 68.8 Å². The lowest BCUT2D eigenvalue weighted by atomic mass is 10.0. The summed E-state index contributed by atoms with van der Waals surface area (Å²) in [6.07, 6.45) is 10.1. The summed E-state index contributed by atoms with van der Waals surface area (Å²) in [7, 11) is 0. The molecule has 0 fully saturated rings. The largest absolute Gasteiger partial charge is 0.271 e. The second kappa shape index (κ2) is 9.05. The maximum Gasteiger partial charge on any atom is 0.138 e. The molecule has 1 heterocycles. The van der Waals surface area contributed by atoms with Gasteiger partial charge in [-0.05, 0) is 13.3 Å². The normalized spacial score (nSPS) is 12.8. The highest BCUT2D eigenvalue weighted by Gasteiger charge is 2.11. The Kier molecular flexibility index (Phi) is 7.60. The van der Waals surface area contributed by atoms with Gasteiger partial charge < -0.3 is 0 Å². The third-order valence-electron chi connectivity index (χ3n) is 3.32. The number of hydrogen-bond donors (Lipinski definition) is 2. The number of aromatic nitrogens is 3. The molecule has 1 aromatic heterocycles. The van der Waals surface area contributed by atoms with Gasteiger partial charge >= 0.3 is 0 Å². The van der Waals surface area contributed by atoms with E-state index in [0.29, 0.717) is 6.04 Å². The number of unbranched alkanes of at least 4 members (excludes halogenated alkanes) is 4. The first-order valence-corrected chi connectivity index (χ1v) is 7.14. The monoisotopic (exact) mass is 253 g/mol. The zero-order valence-corrected chi connectivity index (χ0v) is 11.7. The van der Waals surface area contributed by atoms with Gasteiger partial charge in [-0.2, -0.15) is 5.10 Å². The fourth-order valence-corrected chi connectivity index (χ4v) is 2.17. The van der Waals surface area contributed by atoms with E-state index in [0.717, 1.165) is 25.2 Å². The molecule has 5 heteroatoms. The fraction of sp³-hybridized carbons (Fsp3) is 0.846. The van der Waals surface area contributed by atoms with Crippen LogP contribution in [0, 0.1) is 0 Å². The Balaban J connectivity index is 2.29. The van der Waals surface area contributed by atoms with E-state index in [9.17, 15) is 0 Å². The Morgan fingerprint density at radius 2 is 2.06 bits per heavy atom. The number of hydrazine groups is 1. The van der Waals surface area contributed by atoms with Crippen LogP contribution in [-0.2, 0) is 13.0 Å². The molecule has 18 heavy (non-hydrogen) atoms. The minimum atomic E-state index is 0.307. The van der Waals surface area contributed by atoms with Gasteiger partial charge in [0, 0.05) is 19.0 Å². The number of rotatable bonds is 10. The SMILES string of the molecule is CCCCCCCC(Cc1ncnn1CC)NN. The van der Waals surface area contributed by atoms with Crippen molar-refractivity contribution in [1.82, 2.24) is 20.2 Å². The number of hydrogen-bond acceptors (Lipinski definition) is 4. The van der Waals surface area contributed by atoms with Gasteiger partial charge in [-0.15, -0.1) is 0 Å². The molecule has 0 aliphatic rings. The van der Waals surface area contributed by atoms with Crippen molar-refractivity contribution in [1.29, 1.82) is 0 Å². The minimum Gasteiger partial charge on any atom is -0.271 e. The first-order chi connectivity index (χ1) is 8.81. The zero-order valence-electron chi connectivity index (χ0n) is 11.7.